The molecule has 0 aromatic carbocycles. The molecule has 7 heteroatoms. The molecule has 0 saturated heterocycles. The van der Waals surface area contributed by atoms with Gasteiger partial charge in [0.25, 0.3) is 0 Å². The van der Waals surface area contributed by atoms with Crippen molar-refractivity contribution in [2.24, 2.45) is 5.92 Å². The van der Waals surface area contributed by atoms with Crippen molar-refractivity contribution in [2.75, 3.05) is 5.32 Å². The summed E-state index contributed by atoms with van der Waals surface area (Å²) in [6.45, 7) is 9.65. The predicted octanol–water partition coefficient (Wildman–Crippen LogP) is 3.49. The van der Waals surface area contributed by atoms with Crippen LogP contribution in [0.3, 0.4) is 0 Å². The van der Waals surface area contributed by atoms with E-state index < -0.39 is 11.7 Å². The molecule has 2 amide bonds. The van der Waals surface area contributed by atoms with E-state index in [1.54, 1.807) is 6.20 Å². The van der Waals surface area contributed by atoms with Crippen molar-refractivity contribution >= 4 is 17.8 Å². The second kappa shape index (κ2) is 7.89. The van der Waals surface area contributed by atoms with Gasteiger partial charge in [-0.1, -0.05) is 6.92 Å². The molecule has 1 saturated carbocycles. The highest BCUT2D eigenvalue weighted by atomic mass is 16.6. The monoisotopic (exact) mass is 350 g/mol. The van der Waals surface area contributed by atoms with Crippen LogP contribution in [-0.4, -0.2) is 33.4 Å². The SMILES string of the molecule is CC[C@H](C)n1nccc1NC(=O)[C@@H]1CC[C@@H](NC(=O)OC(C)(C)C)C1. The summed E-state index contributed by atoms with van der Waals surface area (Å²) in [6.07, 6.45) is 4.38. The number of anilines is 1. The molecule has 1 aromatic heterocycles. The van der Waals surface area contributed by atoms with Crippen LogP contribution in [0.25, 0.3) is 0 Å². The van der Waals surface area contributed by atoms with Gasteiger partial charge in [-0.2, -0.15) is 5.10 Å². The molecule has 25 heavy (non-hydrogen) atoms. The topological polar surface area (TPSA) is 85.3 Å². The van der Waals surface area contributed by atoms with Gasteiger partial charge in [-0.3, -0.25) is 4.79 Å². The molecular weight excluding hydrogens is 320 g/mol. The Balaban J connectivity index is 1.86. The van der Waals surface area contributed by atoms with Crippen LogP contribution in [0.4, 0.5) is 10.6 Å². The number of ether oxygens (including phenoxy) is 1. The number of amides is 2. The fraction of sp³-hybridized carbons (Fsp3) is 0.722. The molecule has 1 aliphatic rings. The van der Waals surface area contributed by atoms with Gasteiger partial charge in [-0.05, 0) is 53.4 Å². The fourth-order valence-electron chi connectivity index (χ4n) is 2.99. The lowest BCUT2D eigenvalue weighted by molar-refractivity contribution is -0.119. The lowest BCUT2D eigenvalue weighted by atomic mass is 10.1. The number of alkyl carbamates (subject to hydrolysis) is 1. The van der Waals surface area contributed by atoms with Crippen LogP contribution < -0.4 is 10.6 Å². The van der Waals surface area contributed by atoms with E-state index in [2.05, 4.69) is 29.6 Å². The standard InChI is InChI=1S/C18H30N4O3/c1-6-12(2)22-15(9-10-19-22)21-16(23)13-7-8-14(11-13)20-17(24)25-18(3,4)5/h9-10,12-14H,6-8,11H2,1-5H3,(H,20,24)(H,21,23)/t12-,13+,14+/m0/s1. The van der Waals surface area contributed by atoms with Crippen LogP contribution in [-0.2, 0) is 9.53 Å². The van der Waals surface area contributed by atoms with E-state index in [0.29, 0.717) is 6.42 Å². The van der Waals surface area contributed by atoms with Crippen molar-refractivity contribution in [3.8, 4) is 0 Å². The van der Waals surface area contributed by atoms with Gasteiger partial charge in [-0.25, -0.2) is 9.48 Å². The second-order valence-electron chi connectivity index (χ2n) is 7.76. The minimum absolute atomic E-state index is 0.0152. The van der Waals surface area contributed by atoms with Gasteiger partial charge in [0.15, 0.2) is 0 Å². The van der Waals surface area contributed by atoms with Gasteiger partial charge in [0.2, 0.25) is 5.91 Å². The first-order valence-electron chi connectivity index (χ1n) is 9.03. The third-order valence-corrected chi connectivity index (χ3v) is 4.45. The molecular formula is C18H30N4O3. The Morgan fingerprint density at radius 3 is 2.76 bits per heavy atom. The summed E-state index contributed by atoms with van der Waals surface area (Å²) in [5.41, 5.74) is -0.520. The Kier molecular flexibility index (Phi) is 6.08. The fourth-order valence-corrected chi connectivity index (χ4v) is 2.99. The zero-order chi connectivity index (χ0) is 18.6. The first-order valence-corrected chi connectivity index (χ1v) is 9.03. The van der Waals surface area contributed by atoms with Crippen molar-refractivity contribution in [3.05, 3.63) is 12.3 Å². The Labute approximate surface area is 149 Å². The molecule has 1 heterocycles. The van der Waals surface area contributed by atoms with Crippen molar-refractivity contribution in [1.82, 2.24) is 15.1 Å². The number of hydrogen-bond donors (Lipinski definition) is 2. The number of hydrogen-bond acceptors (Lipinski definition) is 4. The molecule has 0 aliphatic heterocycles. The maximum atomic E-state index is 12.5. The van der Waals surface area contributed by atoms with E-state index in [4.69, 9.17) is 4.74 Å². The van der Waals surface area contributed by atoms with Crippen molar-refractivity contribution in [2.45, 2.75) is 78.0 Å². The van der Waals surface area contributed by atoms with Gasteiger partial charge in [0, 0.05) is 18.0 Å². The van der Waals surface area contributed by atoms with Gasteiger partial charge in [0.05, 0.1) is 12.2 Å². The van der Waals surface area contributed by atoms with Crippen molar-refractivity contribution < 1.29 is 14.3 Å². The average molecular weight is 350 g/mol. The Morgan fingerprint density at radius 2 is 2.12 bits per heavy atom. The zero-order valence-corrected chi connectivity index (χ0v) is 15.8. The normalized spacial score (nSPS) is 21.6. The molecule has 1 fully saturated rings. The highest BCUT2D eigenvalue weighted by molar-refractivity contribution is 5.92. The average Bonchev–Trinajstić information content (AvgIpc) is 3.13. The molecule has 3 atom stereocenters. The zero-order valence-electron chi connectivity index (χ0n) is 15.8. The molecule has 1 aromatic rings. The lowest BCUT2D eigenvalue weighted by Gasteiger charge is -2.21. The van der Waals surface area contributed by atoms with Crippen LogP contribution >= 0.6 is 0 Å². The third-order valence-electron chi connectivity index (χ3n) is 4.45. The van der Waals surface area contributed by atoms with E-state index in [1.807, 2.05) is 31.5 Å². The minimum Gasteiger partial charge on any atom is -0.444 e. The molecule has 0 unspecified atom stereocenters. The Bertz CT molecular complexity index is 606. The number of rotatable bonds is 5. The van der Waals surface area contributed by atoms with Gasteiger partial charge in [0.1, 0.15) is 11.4 Å². The number of nitrogens with one attached hydrogen (secondary N) is 2. The largest absolute Gasteiger partial charge is 0.444 e. The van der Waals surface area contributed by atoms with E-state index in [9.17, 15) is 9.59 Å². The maximum Gasteiger partial charge on any atom is 0.407 e. The summed E-state index contributed by atoms with van der Waals surface area (Å²) >= 11 is 0. The maximum absolute atomic E-state index is 12.5. The number of carbonyl (C=O) groups excluding carboxylic acids is 2. The molecule has 0 spiro atoms. The van der Waals surface area contributed by atoms with Crippen molar-refractivity contribution in [1.29, 1.82) is 0 Å². The van der Waals surface area contributed by atoms with Crippen molar-refractivity contribution in [3.63, 3.8) is 0 Å². The van der Waals surface area contributed by atoms with E-state index in [0.717, 1.165) is 25.1 Å². The Morgan fingerprint density at radius 1 is 1.40 bits per heavy atom. The molecule has 1 aliphatic carbocycles. The quantitative estimate of drug-likeness (QED) is 0.851. The van der Waals surface area contributed by atoms with E-state index in [-0.39, 0.29) is 23.9 Å². The van der Waals surface area contributed by atoms with Crippen LogP contribution in [0, 0.1) is 5.92 Å². The molecule has 0 bridgehead atoms. The van der Waals surface area contributed by atoms with Crippen LogP contribution in [0.5, 0.6) is 0 Å². The molecule has 2 rings (SSSR count). The van der Waals surface area contributed by atoms with Crippen LogP contribution in [0.1, 0.15) is 66.3 Å². The molecule has 7 nitrogen and oxygen atoms in total. The number of aromatic nitrogens is 2. The third kappa shape index (κ3) is 5.47. The van der Waals surface area contributed by atoms with Gasteiger partial charge >= 0.3 is 6.09 Å². The highest BCUT2D eigenvalue weighted by Gasteiger charge is 2.32. The molecule has 0 radical (unpaired) electrons. The van der Waals surface area contributed by atoms with Crippen LogP contribution in [0.2, 0.25) is 0 Å². The summed E-state index contributed by atoms with van der Waals surface area (Å²) in [4.78, 5) is 24.4. The summed E-state index contributed by atoms with van der Waals surface area (Å²) < 4.78 is 7.11. The first-order chi connectivity index (χ1) is 11.7. The van der Waals surface area contributed by atoms with Gasteiger partial charge < -0.3 is 15.4 Å². The summed E-state index contributed by atoms with van der Waals surface area (Å²) in [5, 5.41) is 10.1. The highest BCUT2D eigenvalue weighted by Crippen LogP contribution is 2.27. The lowest BCUT2D eigenvalue weighted by Crippen LogP contribution is -2.38. The molecule has 140 valence electrons. The number of nitrogens with zero attached hydrogens (tertiary/aromatic N) is 2. The number of carbonyl (C=O) groups is 2. The van der Waals surface area contributed by atoms with E-state index in [1.165, 1.54) is 0 Å². The van der Waals surface area contributed by atoms with Gasteiger partial charge in [-0.15, -0.1) is 0 Å². The first kappa shape index (κ1) is 19.3. The Hall–Kier alpha value is -2.05. The minimum atomic E-state index is -0.520. The summed E-state index contributed by atoms with van der Waals surface area (Å²) in [5.74, 6) is 0.599. The summed E-state index contributed by atoms with van der Waals surface area (Å²) in [7, 11) is 0. The van der Waals surface area contributed by atoms with E-state index >= 15 is 0 Å². The smallest absolute Gasteiger partial charge is 0.407 e. The predicted molar refractivity (Wildman–Crippen MR) is 96.4 cm³/mol. The summed E-state index contributed by atoms with van der Waals surface area (Å²) in [6, 6.07) is 2.02. The second-order valence-corrected chi connectivity index (χ2v) is 7.76. The van der Waals surface area contributed by atoms with Crippen LogP contribution in [0.15, 0.2) is 12.3 Å². The molecule has 2 N–H and O–H groups in total.